The summed E-state index contributed by atoms with van der Waals surface area (Å²) in [5.41, 5.74) is 0. The predicted octanol–water partition coefficient (Wildman–Crippen LogP) is -2.87. The SMILES string of the molecule is CC(=O)C(=O)O.CC(O)C(=O)O.O=C(O)CC(=O)C(=O)O.O=C(O)CC(O)C(=O)O. The molecule has 0 saturated carbocycles. The first-order valence-corrected chi connectivity index (χ1v) is 7.11. The quantitative estimate of drug-likeness (QED) is 0.138. The molecule has 16 nitrogen and oxygen atoms in total. The molecule has 0 spiro atoms. The van der Waals surface area contributed by atoms with Crippen molar-refractivity contribution in [2.24, 2.45) is 0 Å². The van der Waals surface area contributed by atoms with Gasteiger partial charge in [-0.1, -0.05) is 0 Å². The third kappa shape index (κ3) is 31.8. The summed E-state index contributed by atoms with van der Waals surface area (Å²) < 4.78 is 0. The van der Waals surface area contributed by atoms with Gasteiger partial charge in [0.05, 0.1) is 6.42 Å². The normalized spacial score (nSPS) is 10.5. The van der Waals surface area contributed by atoms with Gasteiger partial charge in [0.1, 0.15) is 12.5 Å². The molecule has 0 aliphatic rings. The summed E-state index contributed by atoms with van der Waals surface area (Å²) in [7, 11) is 0. The monoisotopic (exact) mass is 444 g/mol. The number of carboxylic acid groups (broad SMARTS) is 6. The van der Waals surface area contributed by atoms with E-state index in [0.29, 0.717) is 0 Å². The Bertz CT molecular complexity index is 634. The lowest BCUT2D eigenvalue weighted by Crippen LogP contribution is -2.22. The number of rotatable bonds is 8. The molecule has 2 unspecified atom stereocenters. The van der Waals surface area contributed by atoms with E-state index >= 15 is 0 Å². The number of ketones is 2. The standard InChI is InChI=1S/C4H6O5.C4H4O5.C3H6O3.C3H4O3/c2*5-2(4(8)9)1-3(6)7;2*1-2(4)3(5)6/h2,5H,1H2,(H,6,7)(H,8,9);1H2,(H,6,7)(H,8,9);2,4H,1H3,(H,5,6);1H3,(H,5,6). The molecule has 0 amide bonds. The molecular formula is C14H20O16. The van der Waals surface area contributed by atoms with Gasteiger partial charge in [0, 0.05) is 6.92 Å². The van der Waals surface area contributed by atoms with Crippen molar-refractivity contribution in [3.63, 3.8) is 0 Å². The molecule has 0 aromatic rings. The molecule has 2 atom stereocenters. The molecule has 8 N–H and O–H groups in total. The molecule has 172 valence electrons. The molecule has 0 aromatic heterocycles. The summed E-state index contributed by atoms with van der Waals surface area (Å²) in [6, 6.07) is 0. The molecule has 0 aliphatic carbocycles. The van der Waals surface area contributed by atoms with Crippen LogP contribution in [-0.4, -0.2) is 100 Å². The predicted molar refractivity (Wildman–Crippen MR) is 88.4 cm³/mol. The first kappa shape index (κ1) is 33.6. The van der Waals surface area contributed by atoms with Crippen LogP contribution >= 0.6 is 0 Å². The van der Waals surface area contributed by atoms with Crippen molar-refractivity contribution in [3.05, 3.63) is 0 Å². The number of aliphatic hydroxyl groups is 2. The van der Waals surface area contributed by atoms with E-state index in [4.69, 9.17) is 40.9 Å². The van der Waals surface area contributed by atoms with E-state index in [0.717, 1.165) is 6.92 Å². The molecule has 0 radical (unpaired) electrons. The van der Waals surface area contributed by atoms with Gasteiger partial charge in [-0.3, -0.25) is 19.2 Å². The minimum absolute atomic E-state index is 0.755. The van der Waals surface area contributed by atoms with Gasteiger partial charge in [-0.25, -0.2) is 19.2 Å². The average molecular weight is 444 g/mol. The molecular weight excluding hydrogens is 424 g/mol. The fourth-order valence-electron chi connectivity index (χ4n) is 0.466. The molecule has 0 bridgehead atoms. The van der Waals surface area contributed by atoms with E-state index < -0.39 is 72.4 Å². The van der Waals surface area contributed by atoms with Crippen LogP contribution in [0.2, 0.25) is 0 Å². The van der Waals surface area contributed by atoms with E-state index in [-0.39, 0.29) is 0 Å². The van der Waals surface area contributed by atoms with Crippen LogP contribution in [0.5, 0.6) is 0 Å². The van der Waals surface area contributed by atoms with Crippen LogP contribution in [0.3, 0.4) is 0 Å². The van der Waals surface area contributed by atoms with Crippen LogP contribution in [0.4, 0.5) is 0 Å². The lowest BCUT2D eigenvalue weighted by atomic mass is 10.3. The zero-order valence-corrected chi connectivity index (χ0v) is 15.4. The van der Waals surface area contributed by atoms with Crippen LogP contribution in [0.25, 0.3) is 0 Å². The van der Waals surface area contributed by atoms with Gasteiger partial charge < -0.3 is 40.9 Å². The minimum atomic E-state index is -1.79. The molecule has 0 aliphatic heterocycles. The zero-order valence-electron chi connectivity index (χ0n) is 15.4. The van der Waals surface area contributed by atoms with Gasteiger partial charge in [-0.2, -0.15) is 0 Å². The van der Waals surface area contributed by atoms with Crippen LogP contribution in [0.1, 0.15) is 26.7 Å². The highest BCUT2D eigenvalue weighted by Crippen LogP contribution is 1.89. The summed E-state index contributed by atoms with van der Waals surface area (Å²) in [6.45, 7) is 2.20. The summed E-state index contributed by atoms with van der Waals surface area (Å²) in [5.74, 6) is -10.7. The summed E-state index contributed by atoms with van der Waals surface area (Å²) >= 11 is 0. The van der Waals surface area contributed by atoms with Gasteiger partial charge >= 0.3 is 35.8 Å². The smallest absolute Gasteiger partial charge is 0.372 e. The van der Waals surface area contributed by atoms with Crippen LogP contribution in [0.15, 0.2) is 0 Å². The third-order valence-electron chi connectivity index (χ3n) is 1.86. The molecule has 16 heteroatoms. The van der Waals surface area contributed by atoms with Crippen molar-refractivity contribution in [2.45, 2.75) is 38.9 Å². The van der Waals surface area contributed by atoms with E-state index in [1.54, 1.807) is 0 Å². The molecule has 0 fully saturated rings. The summed E-state index contributed by atoms with van der Waals surface area (Å²) in [6.07, 6.45) is -4.72. The molecule has 0 heterocycles. The second kappa shape index (κ2) is 18.4. The highest BCUT2D eigenvalue weighted by molar-refractivity contribution is 6.35. The number of carbonyl (C=O) groups is 8. The third-order valence-corrected chi connectivity index (χ3v) is 1.86. The Morgan fingerprint density at radius 2 is 1.00 bits per heavy atom. The molecule has 0 rings (SSSR count). The number of hydrogen-bond donors (Lipinski definition) is 8. The lowest BCUT2D eigenvalue weighted by molar-refractivity contribution is -0.153. The van der Waals surface area contributed by atoms with Crippen LogP contribution < -0.4 is 0 Å². The zero-order chi connectivity index (χ0) is 25.2. The second-order valence-electron chi connectivity index (χ2n) is 4.63. The first-order valence-electron chi connectivity index (χ1n) is 7.11. The second-order valence-corrected chi connectivity index (χ2v) is 4.63. The Morgan fingerprint density at radius 3 is 1.07 bits per heavy atom. The fourth-order valence-corrected chi connectivity index (χ4v) is 0.466. The maximum atomic E-state index is 9.97. The Morgan fingerprint density at radius 1 is 0.667 bits per heavy atom. The number of carboxylic acids is 6. The van der Waals surface area contributed by atoms with Crippen molar-refractivity contribution >= 4 is 47.4 Å². The van der Waals surface area contributed by atoms with E-state index in [1.807, 2.05) is 0 Å². The van der Waals surface area contributed by atoms with E-state index in [1.165, 1.54) is 6.92 Å². The number of hydrogen-bond acceptors (Lipinski definition) is 10. The minimum Gasteiger partial charge on any atom is -0.481 e. The van der Waals surface area contributed by atoms with Gasteiger partial charge in [-0.05, 0) is 6.92 Å². The Kier molecular flexibility index (Phi) is 20.7. The highest BCUT2D eigenvalue weighted by atomic mass is 16.4. The van der Waals surface area contributed by atoms with Crippen molar-refractivity contribution < 1.29 is 79.2 Å². The number of aliphatic hydroxyl groups excluding tert-OH is 2. The number of aliphatic carboxylic acids is 6. The first-order chi connectivity index (χ1) is 13.4. The van der Waals surface area contributed by atoms with Gasteiger partial charge in [-0.15, -0.1) is 0 Å². The average Bonchev–Trinajstić information content (AvgIpc) is 2.54. The molecule has 30 heavy (non-hydrogen) atoms. The number of Topliss-reactive ketones (excluding diaryl/α,β-unsaturated/α-hetero) is 2. The van der Waals surface area contributed by atoms with Crippen molar-refractivity contribution in [1.82, 2.24) is 0 Å². The fraction of sp³-hybridized carbons (Fsp3) is 0.429. The number of carbonyl (C=O) groups excluding carboxylic acids is 2. The Hall–Kier alpha value is -3.92. The molecule has 0 aromatic carbocycles. The van der Waals surface area contributed by atoms with Crippen molar-refractivity contribution in [1.29, 1.82) is 0 Å². The van der Waals surface area contributed by atoms with E-state index in [2.05, 4.69) is 0 Å². The van der Waals surface area contributed by atoms with E-state index in [9.17, 15) is 38.4 Å². The summed E-state index contributed by atoms with van der Waals surface area (Å²) in [5, 5.41) is 63.2. The maximum Gasteiger partial charge on any atom is 0.372 e. The summed E-state index contributed by atoms with van der Waals surface area (Å²) in [4.78, 5) is 77.0. The maximum absolute atomic E-state index is 9.97. The molecule has 0 saturated heterocycles. The Balaban J connectivity index is -0.000000153. The van der Waals surface area contributed by atoms with Gasteiger partial charge in [0.2, 0.25) is 5.78 Å². The topological polar surface area (TPSA) is 298 Å². The van der Waals surface area contributed by atoms with Crippen LogP contribution in [0, 0.1) is 0 Å². The largest absolute Gasteiger partial charge is 0.481 e. The Labute approximate surface area is 166 Å². The van der Waals surface area contributed by atoms with Crippen molar-refractivity contribution in [3.8, 4) is 0 Å². The van der Waals surface area contributed by atoms with Gasteiger partial charge in [0.25, 0.3) is 5.78 Å². The van der Waals surface area contributed by atoms with Gasteiger partial charge in [0.15, 0.2) is 6.10 Å². The lowest BCUT2D eigenvalue weighted by Gasteiger charge is -1.97. The highest BCUT2D eigenvalue weighted by Gasteiger charge is 2.16. The van der Waals surface area contributed by atoms with Crippen LogP contribution in [-0.2, 0) is 38.4 Å². The van der Waals surface area contributed by atoms with Crippen molar-refractivity contribution in [2.75, 3.05) is 0 Å².